The van der Waals surface area contributed by atoms with E-state index in [4.69, 9.17) is 5.90 Å². The van der Waals surface area contributed by atoms with Gasteiger partial charge in [-0.3, -0.25) is 0 Å². The zero-order chi connectivity index (χ0) is 11.3. The van der Waals surface area contributed by atoms with Gasteiger partial charge in [-0.15, -0.1) is 0 Å². The largest absolute Gasteiger partial charge is 0.465 e. The van der Waals surface area contributed by atoms with Gasteiger partial charge in [0.15, 0.2) is 0 Å². The van der Waals surface area contributed by atoms with Crippen LogP contribution in [0.1, 0.15) is 21.5 Å². The number of nitrogens with two attached hydrogens (primary N) is 1. The van der Waals surface area contributed by atoms with E-state index in [-0.39, 0.29) is 5.97 Å². The molecule has 4 nitrogen and oxygen atoms in total. The summed E-state index contributed by atoms with van der Waals surface area (Å²) in [4.78, 5) is 15.8. The lowest BCUT2D eigenvalue weighted by atomic mass is 10.0. The van der Waals surface area contributed by atoms with Gasteiger partial charge in [0.1, 0.15) is 0 Å². The van der Waals surface area contributed by atoms with Crippen molar-refractivity contribution in [2.24, 2.45) is 5.90 Å². The highest BCUT2D eigenvalue weighted by atomic mass is 16.6. The van der Waals surface area contributed by atoms with E-state index in [1.54, 1.807) is 6.07 Å². The molecule has 2 N–H and O–H groups in total. The van der Waals surface area contributed by atoms with Crippen LogP contribution in [0.5, 0.6) is 0 Å². The molecule has 0 radical (unpaired) electrons. The summed E-state index contributed by atoms with van der Waals surface area (Å²) in [6.07, 6.45) is 0.735. The van der Waals surface area contributed by atoms with Crippen LogP contribution in [0.2, 0.25) is 0 Å². The molecule has 82 valence electrons. The van der Waals surface area contributed by atoms with E-state index in [0.29, 0.717) is 12.2 Å². The maximum atomic E-state index is 11.3. The van der Waals surface area contributed by atoms with Crippen LogP contribution in [0.4, 0.5) is 0 Å². The summed E-state index contributed by atoms with van der Waals surface area (Å²) in [5.74, 6) is 4.63. The van der Waals surface area contributed by atoms with Crippen LogP contribution >= 0.6 is 0 Å². The predicted molar refractivity (Wildman–Crippen MR) is 56.4 cm³/mol. The first-order valence-electron chi connectivity index (χ1n) is 4.68. The minimum atomic E-state index is -0.311. The Bertz CT molecular complexity index is 350. The molecule has 4 heteroatoms. The number of hydrogen-bond donors (Lipinski definition) is 1. The molecule has 1 rings (SSSR count). The quantitative estimate of drug-likeness (QED) is 0.598. The van der Waals surface area contributed by atoms with Crippen molar-refractivity contribution in [1.29, 1.82) is 0 Å². The van der Waals surface area contributed by atoms with Crippen molar-refractivity contribution in [3.63, 3.8) is 0 Å². The Hall–Kier alpha value is -1.39. The SMILES string of the molecule is COC(=O)c1ccc(CCON)cc1C. The molecule has 0 amide bonds. The summed E-state index contributed by atoms with van der Waals surface area (Å²) < 4.78 is 4.65. The minimum Gasteiger partial charge on any atom is -0.465 e. The van der Waals surface area contributed by atoms with Crippen molar-refractivity contribution in [3.05, 3.63) is 34.9 Å². The van der Waals surface area contributed by atoms with Crippen LogP contribution in [0.15, 0.2) is 18.2 Å². The second kappa shape index (κ2) is 5.48. The number of carbonyl (C=O) groups is 1. The lowest BCUT2D eigenvalue weighted by molar-refractivity contribution is 0.0600. The lowest BCUT2D eigenvalue weighted by Gasteiger charge is -2.06. The highest BCUT2D eigenvalue weighted by Gasteiger charge is 2.08. The van der Waals surface area contributed by atoms with E-state index in [1.165, 1.54) is 7.11 Å². The van der Waals surface area contributed by atoms with Crippen LogP contribution in [0.25, 0.3) is 0 Å². The van der Waals surface area contributed by atoms with Crippen molar-refractivity contribution >= 4 is 5.97 Å². The van der Waals surface area contributed by atoms with Crippen LogP contribution in [0, 0.1) is 6.92 Å². The van der Waals surface area contributed by atoms with Crippen molar-refractivity contribution in [2.45, 2.75) is 13.3 Å². The summed E-state index contributed by atoms with van der Waals surface area (Å²) in [5.41, 5.74) is 2.58. The molecule has 15 heavy (non-hydrogen) atoms. The fourth-order valence-electron chi connectivity index (χ4n) is 1.40. The molecule has 0 aliphatic rings. The fourth-order valence-corrected chi connectivity index (χ4v) is 1.40. The number of aryl methyl sites for hydroxylation is 1. The molecule has 1 aromatic rings. The minimum absolute atomic E-state index is 0.311. The number of rotatable bonds is 4. The first-order valence-corrected chi connectivity index (χ1v) is 4.68. The Morgan fingerprint density at radius 1 is 1.47 bits per heavy atom. The summed E-state index contributed by atoms with van der Waals surface area (Å²) in [7, 11) is 1.37. The van der Waals surface area contributed by atoms with E-state index in [1.807, 2.05) is 19.1 Å². The fraction of sp³-hybridized carbons (Fsp3) is 0.364. The van der Waals surface area contributed by atoms with E-state index >= 15 is 0 Å². The normalized spacial score (nSPS) is 10.1. The average molecular weight is 209 g/mol. The van der Waals surface area contributed by atoms with Gasteiger partial charge in [0.2, 0.25) is 0 Å². The standard InChI is InChI=1S/C11H15NO3/c1-8-7-9(5-6-15-12)3-4-10(8)11(13)14-2/h3-4,7H,5-6,12H2,1-2H3. The number of hydrogen-bond acceptors (Lipinski definition) is 4. The Kier molecular flexibility index (Phi) is 4.27. The molecular formula is C11H15NO3. The zero-order valence-electron chi connectivity index (χ0n) is 8.95. The molecule has 0 unspecified atom stereocenters. The molecule has 0 saturated heterocycles. The summed E-state index contributed by atoms with van der Waals surface area (Å²) in [6, 6.07) is 5.57. The highest BCUT2D eigenvalue weighted by Crippen LogP contribution is 2.12. The summed E-state index contributed by atoms with van der Waals surface area (Å²) in [5, 5.41) is 0. The van der Waals surface area contributed by atoms with Crippen molar-refractivity contribution in [2.75, 3.05) is 13.7 Å². The molecule has 0 aromatic heterocycles. The van der Waals surface area contributed by atoms with Gasteiger partial charge < -0.3 is 9.57 Å². The van der Waals surface area contributed by atoms with Crippen LogP contribution < -0.4 is 5.90 Å². The van der Waals surface area contributed by atoms with Gasteiger partial charge in [-0.25, -0.2) is 10.7 Å². The molecular weight excluding hydrogens is 194 g/mol. The van der Waals surface area contributed by atoms with Gasteiger partial charge in [-0.1, -0.05) is 12.1 Å². The third kappa shape index (κ3) is 3.04. The Morgan fingerprint density at radius 2 is 2.20 bits per heavy atom. The highest BCUT2D eigenvalue weighted by molar-refractivity contribution is 5.90. The smallest absolute Gasteiger partial charge is 0.338 e. The molecule has 0 heterocycles. The monoisotopic (exact) mass is 209 g/mol. The zero-order valence-corrected chi connectivity index (χ0v) is 8.95. The topological polar surface area (TPSA) is 61.5 Å². The van der Waals surface area contributed by atoms with Gasteiger partial charge >= 0.3 is 5.97 Å². The second-order valence-corrected chi connectivity index (χ2v) is 3.26. The van der Waals surface area contributed by atoms with Gasteiger partial charge in [0.05, 0.1) is 19.3 Å². The van der Waals surface area contributed by atoms with Crippen LogP contribution in [0.3, 0.4) is 0 Å². The first kappa shape index (κ1) is 11.7. The van der Waals surface area contributed by atoms with Gasteiger partial charge in [0, 0.05) is 0 Å². The number of methoxy groups -OCH3 is 1. The molecule has 0 saturated carbocycles. The Labute approximate surface area is 88.9 Å². The number of benzene rings is 1. The summed E-state index contributed by atoms with van der Waals surface area (Å²) >= 11 is 0. The lowest BCUT2D eigenvalue weighted by Crippen LogP contribution is -2.06. The number of carbonyl (C=O) groups excluding carboxylic acids is 1. The molecule has 1 aromatic carbocycles. The number of esters is 1. The van der Waals surface area contributed by atoms with E-state index in [2.05, 4.69) is 9.57 Å². The molecule has 0 fully saturated rings. The van der Waals surface area contributed by atoms with Crippen molar-refractivity contribution < 1.29 is 14.4 Å². The Balaban J connectivity index is 2.83. The maximum Gasteiger partial charge on any atom is 0.338 e. The second-order valence-electron chi connectivity index (χ2n) is 3.26. The van der Waals surface area contributed by atoms with Crippen molar-refractivity contribution in [1.82, 2.24) is 0 Å². The van der Waals surface area contributed by atoms with Crippen LogP contribution in [-0.2, 0) is 16.0 Å². The molecule has 0 atom stereocenters. The van der Waals surface area contributed by atoms with E-state index < -0.39 is 0 Å². The number of ether oxygens (including phenoxy) is 1. The molecule has 0 aliphatic carbocycles. The van der Waals surface area contributed by atoms with Crippen LogP contribution in [-0.4, -0.2) is 19.7 Å². The van der Waals surface area contributed by atoms with Gasteiger partial charge in [-0.2, -0.15) is 0 Å². The molecule has 0 aliphatic heterocycles. The van der Waals surface area contributed by atoms with Gasteiger partial charge in [0.25, 0.3) is 0 Å². The average Bonchev–Trinajstić information content (AvgIpc) is 2.25. The third-order valence-electron chi connectivity index (χ3n) is 2.20. The van der Waals surface area contributed by atoms with E-state index in [9.17, 15) is 4.79 Å². The first-order chi connectivity index (χ1) is 7.19. The Morgan fingerprint density at radius 3 is 2.73 bits per heavy atom. The van der Waals surface area contributed by atoms with Gasteiger partial charge in [-0.05, 0) is 30.5 Å². The third-order valence-corrected chi connectivity index (χ3v) is 2.20. The van der Waals surface area contributed by atoms with Crippen molar-refractivity contribution in [3.8, 4) is 0 Å². The predicted octanol–water partition coefficient (Wildman–Crippen LogP) is 1.21. The molecule has 0 spiro atoms. The summed E-state index contributed by atoms with van der Waals surface area (Å²) in [6.45, 7) is 2.34. The maximum absolute atomic E-state index is 11.3. The van der Waals surface area contributed by atoms with E-state index in [0.717, 1.165) is 17.5 Å². The molecule has 0 bridgehead atoms.